The molecular formula is C11H9ClO2S2. The lowest BCUT2D eigenvalue weighted by Gasteiger charge is -2.00. The van der Waals surface area contributed by atoms with Gasteiger partial charge >= 0.3 is 0 Å². The van der Waals surface area contributed by atoms with Crippen LogP contribution in [0.2, 0.25) is 0 Å². The summed E-state index contributed by atoms with van der Waals surface area (Å²) < 4.78 is 22.5. The molecule has 0 saturated heterocycles. The van der Waals surface area contributed by atoms with Crippen LogP contribution in [0.15, 0.2) is 40.6 Å². The smallest absolute Gasteiger partial charge is 0.206 e. The molecule has 0 fully saturated rings. The van der Waals surface area contributed by atoms with Crippen molar-refractivity contribution in [2.24, 2.45) is 0 Å². The highest BCUT2D eigenvalue weighted by molar-refractivity contribution is 8.15. The summed E-state index contributed by atoms with van der Waals surface area (Å²) in [4.78, 5) is 0.914. The Morgan fingerprint density at radius 1 is 1.12 bits per heavy atom. The van der Waals surface area contributed by atoms with Crippen LogP contribution in [0.25, 0.3) is 10.4 Å². The van der Waals surface area contributed by atoms with Crippen LogP contribution in [0.3, 0.4) is 0 Å². The molecule has 0 amide bonds. The number of aryl methyl sites for hydroxylation is 1. The van der Waals surface area contributed by atoms with E-state index in [2.05, 4.69) is 0 Å². The van der Waals surface area contributed by atoms with Gasteiger partial charge in [0.05, 0.1) is 0 Å². The van der Waals surface area contributed by atoms with Crippen molar-refractivity contribution in [2.75, 3.05) is 0 Å². The molecule has 0 aliphatic carbocycles. The lowest BCUT2D eigenvalue weighted by Crippen LogP contribution is -1.83. The van der Waals surface area contributed by atoms with Crippen molar-refractivity contribution < 1.29 is 8.42 Å². The fourth-order valence-corrected chi connectivity index (χ4v) is 3.61. The van der Waals surface area contributed by atoms with E-state index in [1.807, 2.05) is 31.2 Å². The third-order valence-electron chi connectivity index (χ3n) is 2.23. The predicted octanol–water partition coefficient (Wildman–Crippen LogP) is 3.65. The SMILES string of the molecule is Cc1ccccc1-c1ccc(S(=O)(=O)Cl)s1. The van der Waals surface area contributed by atoms with Crippen molar-refractivity contribution in [2.45, 2.75) is 11.1 Å². The highest BCUT2D eigenvalue weighted by Gasteiger charge is 2.14. The normalized spacial score (nSPS) is 11.6. The Bertz CT molecular complexity index is 614. The number of halogens is 1. The molecule has 1 aromatic carbocycles. The maximum Gasteiger partial charge on any atom is 0.270 e. The monoisotopic (exact) mass is 272 g/mol. The fourth-order valence-electron chi connectivity index (χ4n) is 1.45. The molecule has 0 spiro atoms. The van der Waals surface area contributed by atoms with Crippen molar-refractivity contribution in [1.29, 1.82) is 0 Å². The third kappa shape index (κ3) is 2.29. The molecule has 0 bridgehead atoms. The predicted molar refractivity (Wildman–Crippen MR) is 67.5 cm³/mol. The number of hydrogen-bond donors (Lipinski definition) is 0. The van der Waals surface area contributed by atoms with Gasteiger partial charge in [0, 0.05) is 15.6 Å². The molecule has 0 aliphatic heterocycles. The zero-order valence-electron chi connectivity index (χ0n) is 8.48. The highest BCUT2D eigenvalue weighted by atomic mass is 35.7. The Kier molecular flexibility index (Phi) is 3.06. The summed E-state index contributed by atoms with van der Waals surface area (Å²) in [5, 5.41) is 0. The van der Waals surface area contributed by atoms with E-state index < -0.39 is 9.05 Å². The van der Waals surface area contributed by atoms with E-state index >= 15 is 0 Å². The summed E-state index contributed by atoms with van der Waals surface area (Å²) in [6.07, 6.45) is 0. The summed E-state index contributed by atoms with van der Waals surface area (Å²) >= 11 is 1.19. The Balaban J connectivity index is 2.52. The quantitative estimate of drug-likeness (QED) is 0.782. The average Bonchev–Trinajstić information content (AvgIpc) is 2.66. The molecule has 0 unspecified atom stereocenters. The maximum atomic E-state index is 11.1. The minimum atomic E-state index is -3.61. The molecule has 0 radical (unpaired) electrons. The largest absolute Gasteiger partial charge is 0.270 e. The topological polar surface area (TPSA) is 34.1 Å². The minimum absolute atomic E-state index is 0.187. The van der Waals surface area contributed by atoms with E-state index in [9.17, 15) is 8.42 Å². The van der Waals surface area contributed by atoms with Crippen LogP contribution < -0.4 is 0 Å². The van der Waals surface area contributed by atoms with E-state index in [0.717, 1.165) is 16.0 Å². The maximum absolute atomic E-state index is 11.1. The van der Waals surface area contributed by atoms with Gasteiger partial charge in [0.2, 0.25) is 0 Å². The molecule has 16 heavy (non-hydrogen) atoms. The van der Waals surface area contributed by atoms with Gasteiger partial charge in [-0.05, 0) is 30.2 Å². The molecular weight excluding hydrogens is 264 g/mol. The van der Waals surface area contributed by atoms with E-state index in [1.165, 1.54) is 17.4 Å². The molecule has 1 aromatic heterocycles. The van der Waals surface area contributed by atoms with Gasteiger partial charge in [-0.2, -0.15) is 0 Å². The van der Waals surface area contributed by atoms with Crippen molar-refractivity contribution in [1.82, 2.24) is 0 Å². The van der Waals surface area contributed by atoms with Crippen molar-refractivity contribution in [3.63, 3.8) is 0 Å². The summed E-state index contributed by atoms with van der Waals surface area (Å²) in [5.74, 6) is 0. The number of hydrogen-bond acceptors (Lipinski definition) is 3. The summed E-state index contributed by atoms with van der Waals surface area (Å²) in [6, 6.07) is 11.1. The first-order valence-electron chi connectivity index (χ1n) is 4.59. The Morgan fingerprint density at radius 2 is 1.81 bits per heavy atom. The first-order chi connectivity index (χ1) is 7.48. The summed E-state index contributed by atoms with van der Waals surface area (Å²) in [6.45, 7) is 1.99. The van der Waals surface area contributed by atoms with Crippen LogP contribution >= 0.6 is 22.0 Å². The third-order valence-corrected chi connectivity index (χ3v) is 5.44. The van der Waals surface area contributed by atoms with Gasteiger partial charge in [-0.25, -0.2) is 8.42 Å². The average molecular weight is 273 g/mol. The van der Waals surface area contributed by atoms with E-state index in [4.69, 9.17) is 10.7 Å². The molecule has 1 heterocycles. The second kappa shape index (κ2) is 4.20. The van der Waals surface area contributed by atoms with Crippen LogP contribution in [-0.4, -0.2) is 8.42 Å². The minimum Gasteiger partial charge on any atom is -0.206 e. The molecule has 84 valence electrons. The zero-order chi connectivity index (χ0) is 11.8. The van der Waals surface area contributed by atoms with Crippen LogP contribution in [-0.2, 0) is 9.05 Å². The van der Waals surface area contributed by atoms with E-state index in [-0.39, 0.29) is 4.21 Å². The molecule has 0 atom stereocenters. The van der Waals surface area contributed by atoms with Crippen LogP contribution in [0.5, 0.6) is 0 Å². The van der Waals surface area contributed by atoms with Crippen molar-refractivity contribution in [3.05, 3.63) is 42.0 Å². The van der Waals surface area contributed by atoms with Crippen molar-refractivity contribution >= 4 is 31.1 Å². The Hall–Kier alpha value is -0.840. The summed E-state index contributed by atoms with van der Waals surface area (Å²) in [5.41, 5.74) is 2.15. The van der Waals surface area contributed by atoms with Gasteiger partial charge in [-0.15, -0.1) is 11.3 Å². The zero-order valence-corrected chi connectivity index (χ0v) is 10.9. The molecule has 2 rings (SSSR count). The molecule has 0 saturated carbocycles. The molecule has 2 nitrogen and oxygen atoms in total. The van der Waals surface area contributed by atoms with E-state index in [1.54, 1.807) is 6.07 Å². The van der Waals surface area contributed by atoms with Gasteiger partial charge in [0.15, 0.2) is 0 Å². The van der Waals surface area contributed by atoms with E-state index in [0.29, 0.717) is 0 Å². The Labute approximate surface area is 103 Å². The van der Waals surface area contributed by atoms with Crippen molar-refractivity contribution in [3.8, 4) is 10.4 Å². The first kappa shape index (κ1) is 11.6. The molecule has 2 aromatic rings. The lowest BCUT2D eigenvalue weighted by atomic mass is 10.1. The number of benzene rings is 1. The molecule has 5 heteroatoms. The van der Waals surface area contributed by atoms with Crippen LogP contribution in [0.1, 0.15) is 5.56 Å². The molecule has 0 N–H and O–H groups in total. The highest BCUT2D eigenvalue weighted by Crippen LogP contribution is 2.33. The second-order valence-electron chi connectivity index (χ2n) is 3.37. The lowest BCUT2D eigenvalue weighted by molar-refractivity contribution is 0.611. The molecule has 0 aliphatic rings. The van der Waals surface area contributed by atoms with Crippen LogP contribution in [0, 0.1) is 6.92 Å². The van der Waals surface area contributed by atoms with Gasteiger partial charge in [-0.1, -0.05) is 24.3 Å². The number of thiophene rings is 1. The van der Waals surface area contributed by atoms with Gasteiger partial charge in [-0.3, -0.25) is 0 Å². The van der Waals surface area contributed by atoms with Gasteiger partial charge < -0.3 is 0 Å². The second-order valence-corrected chi connectivity index (χ2v) is 7.25. The first-order valence-corrected chi connectivity index (χ1v) is 7.71. The fraction of sp³-hybridized carbons (Fsp3) is 0.0909. The van der Waals surface area contributed by atoms with Gasteiger partial charge in [0.25, 0.3) is 9.05 Å². The summed E-state index contributed by atoms with van der Waals surface area (Å²) in [7, 11) is 1.67. The van der Waals surface area contributed by atoms with Gasteiger partial charge in [0.1, 0.15) is 4.21 Å². The number of rotatable bonds is 2. The Morgan fingerprint density at radius 3 is 2.38 bits per heavy atom. The van der Waals surface area contributed by atoms with Crippen LogP contribution in [0.4, 0.5) is 0 Å². The standard InChI is InChI=1S/C11H9ClO2S2/c1-8-4-2-3-5-9(8)10-6-7-11(15-10)16(12,13)14/h2-7H,1H3.